The van der Waals surface area contributed by atoms with Crippen molar-refractivity contribution >= 4 is 0 Å². The second-order valence-corrected chi connectivity index (χ2v) is 6.01. The highest BCUT2D eigenvalue weighted by molar-refractivity contribution is 5.20. The van der Waals surface area contributed by atoms with E-state index >= 15 is 0 Å². The van der Waals surface area contributed by atoms with Crippen molar-refractivity contribution in [2.24, 2.45) is 0 Å². The Balaban J connectivity index is 1.64. The van der Waals surface area contributed by atoms with Gasteiger partial charge in [0.25, 0.3) is 0 Å². The summed E-state index contributed by atoms with van der Waals surface area (Å²) in [6.45, 7) is 10.6. The summed E-state index contributed by atoms with van der Waals surface area (Å²) in [4.78, 5) is 5.09. The number of piperazine rings is 1. The Morgan fingerprint density at radius 3 is 2.90 bits per heavy atom. The van der Waals surface area contributed by atoms with Crippen LogP contribution in [0.4, 0.5) is 0 Å². The first-order chi connectivity index (χ1) is 10.4. The fraction of sp³-hybridized carbons (Fsp3) is 0.647. The van der Waals surface area contributed by atoms with Crippen LogP contribution in [0.5, 0.6) is 0 Å². The van der Waals surface area contributed by atoms with Crippen molar-refractivity contribution < 1.29 is 4.74 Å². The molecule has 4 heteroatoms. The zero-order valence-electron chi connectivity index (χ0n) is 13.0. The molecule has 21 heavy (non-hydrogen) atoms. The molecule has 2 unspecified atom stereocenters. The molecule has 2 fully saturated rings. The van der Waals surface area contributed by atoms with E-state index in [9.17, 15) is 0 Å². The monoisotopic (exact) mass is 289 g/mol. The maximum atomic E-state index is 5.99. The number of rotatable bonds is 4. The van der Waals surface area contributed by atoms with Crippen molar-refractivity contribution in [2.75, 3.05) is 52.4 Å². The summed E-state index contributed by atoms with van der Waals surface area (Å²) in [5.41, 5.74) is 1.41. The molecule has 0 amide bonds. The molecule has 0 radical (unpaired) electrons. The lowest BCUT2D eigenvalue weighted by molar-refractivity contribution is -0.0496. The van der Waals surface area contributed by atoms with Gasteiger partial charge in [-0.1, -0.05) is 37.3 Å². The van der Waals surface area contributed by atoms with Crippen LogP contribution in [0.3, 0.4) is 0 Å². The largest absolute Gasteiger partial charge is 0.374 e. The molecule has 0 saturated carbocycles. The van der Waals surface area contributed by atoms with Crippen LogP contribution in [0.2, 0.25) is 0 Å². The van der Waals surface area contributed by atoms with Crippen molar-refractivity contribution in [2.45, 2.75) is 19.1 Å². The normalized spacial score (nSPS) is 28.6. The Morgan fingerprint density at radius 2 is 2.10 bits per heavy atom. The molecule has 2 aliphatic rings. The molecule has 0 spiro atoms. The number of hydrogen-bond donors (Lipinski definition) is 1. The van der Waals surface area contributed by atoms with Crippen molar-refractivity contribution in [3.05, 3.63) is 35.9 Å². The molecule has 116 valence electrons. The minimum absolute atomic E-state index is 0.350. The number of ether oxygens (including phenoxy) is 1. The molecular formula is C17H27N3O. The van der Waals surface area contributed by atoms with Crippen molar-refractivity contribution in [3.63, 3.8) is 0 Å². The standard InChI is InChI=1S/C17H27N3O/c1-2-19-10-11-21-16(13-19)14-20-9-8-18-12-17(20)15-6-4-3-5-7-15/h3-7,16-18H,2,8-14H2,1H3. The van der Waals surface area contributed by atoms with Gasteiger partial charge >= 0.3 is 0 Å². The van der Waals surface area contributed by atoms with E-state index < -0.39 is 0 Å². The van der Waals surface area contributed by atoms with Gasteiger partial charge in [-0.25, -0.2) is 0 Å². The first kappa shape index (κ1) is 15.0. The van der Waals surface area contributed by atoms with Crippen LogP contribution in [0.15, 0.2) is 30.3 Å². The Hall–Kier alpha value is -0.940. The number of morpholine rings is 1. The zero-order valence-corrected chi connectivity index (χ0v) is 13.0. The molecule has 0 aliphatic carbocycles. The highest BCUT2D eigenvalue weighted by Gasteiger charge is 2.28. The van der Waals surface area contributed by atoms with Gasteiger partial charge in [-0.15, -0.1) is 0 Å². The third-order valence-corrected chi connectivity index (χ3v) is 4.65. The second kappa shape index (κ2) is 7.36. The average Bonchev–Trinajstić information content (AvgIpc) is 2.56. The van der Waals surface area contributed by atoms with Gasteiger partial charge in [0.2, 0.25) is 0 Å². The summed E-state index contributed by atoms with van der Waals surface area (Å²) in [5, 5.41) is 3.53. The molecule has 2 aliphatic heterocycles. The third kappa shape index (κ3) is 3.83. The lowest BCUT2D eigenvalue weighted by atomic mass is 10.0. The SMILES string of the molecule is CCN1CCOC(CN2CCNCC2c2ccccc2)C1. The summed E-state index contributed by atoms with van der Waals surface area (Å²) in [6, 6.07) is 11.3. The Bertz CT molecular complexity index is 425. The molecule has 1 aromatic rings. The highest BCUT2D eigenvalue weighted by atomic mass is 16.5. The van der Waals surface area contributed by atoms with Crippen LogP contribution in [0, 0.1) is 0 Å². The van der Waals surface area contributed by atoms with Gasteiger partial charge < -0.3 is 10.1 Å². The van der Waals surface area contributed by atoms with E-state index in [-0.39, 0.29) is 0 Å². The lowest BCUT2D eigenvalue weighted by Gasteiger charge is -2.40. The van der Waals surface area contributed by atoms with E-state index in [1.54, 1.807) is 0 Å². The number of nitrogens with one attached hydrogen (secondary N) is 1. The van der Waals surface area contributed by atoms with Gasteiger partial charge in [0.1, 0.15) is 0 Å². The first-order valence-electron chi connectivity index (χ1n) is 8.20. The molecule has 0 bridgehead atoms. The van der Waals surface area contributed by atoms with Crippen LogP contribution in [-0.4, -0.2) is 68.3 Å². The minimum atomic E-state index is 0.350. The number of nitrogens with zero attached hydrogens (tertiary/aromatic N) is 2. The fourth-order valence-corrected chi connectivity index (χ4v) is 3.41. The number of likely N-dealkylation sites (N-methyl/N-ethyl adjacent to an activating group) is 1. The van der Waals surface area contributed by atoms with Gasteiger partial charge in [0.05, 0.1) is 12.7 Å². The van der Waals surface area contributed by atoms with E-state index in [1.807, 2.05) is 0 Å². The topological polar surface area (TPSA) is 27.7 Å². The molecule has 1 aromatic carbocycles. The maximum Gasteiger partial charge on any atom is 0.0829 e. The van der Waals surface area contributed by atoms with Crippen LogP contribution >= 0.6 is 0 Å². The molecule has 2 saturated heterocycles. The van der Waals surface area contributed by atoms with Crippen molar-refractivity contribution in [3.8, 4) is 0 Å². The summed E-state index contributed by atoms with van der Waals surface area (Å²) in [7, 11) is 0. The van der Waals surface area contributed by atoms with E-state index in [4.69, 9.17) is 4.74 Å². The van der Waals surface area contributed by atoms with E-state index in [0.29, 0.717) is 12.1 Å². The van der Waals surface area contributed by atoms with Crippen LogP contribution < -0.4 is 5.32 Å². The Morgan fingerprint density at radius 1 is 1.24 bits per heavy atom. The maximum absolute atomic E-state index is 5.99. The summed E-state index contributed by atoms with van der Waals surface area (Å²) in [5.74, 6) is 0. The minimum Gasteiger partial charge on any atom is -0.374 e. The van der Waals surface area contributed by atoms with E-state index in [1.165, 1.54) is 5.56 Å². The third-order valence-electron chi connectivity index (χ3n) is 4.65. The van der Waals surface area contributed by atoms with Crippen LogP contribution in [0.1, 0.15) is 18.5 Å². The van der Waals surface area contributed by atoms with Gasteiger partial charge in [0, 0.05) is 45.3 Å². The predicted octanol–water partition coefficient (Wildman–Crippen LogP) is 1.35. The van der Waals surface area contributed by atoms with E-state index in [0.717, 1.165) is 52.4 Å². The molecule has 3 rings (SSSR count). The van der Waals surface area contributed by atoms with Crippen LogP contribution in [0.25, 0.3) is 0 Å². The quantitative estimate of drug-likeness (QED) is 0.906. The zero-order chi connectivity index (χ0) is 14.5. The second-order valence-electron chi connectivity index (χ2n) is 6.01. The smallest absolute Gasteiger partial charge is 0.0829 e. The summed E-state index contributed by atoms with van der Waals surface area (Å²) >= 11 is 0. The van der Waals surface area contributed by atoms with Crippen LogP contribution in [-0.2, 0) is 4.74 Å². The number of benzene rings is 1. The van der Waals surface area contributed by atoms with Crippen molar-refractivity contribution in [1.82, 2.24) is 15.1 Å². The van der Waals surface area contributed by atoms with Gasteiger partial charge in [-0.3, -0.25) is 9.80 Å². The van der Waals surface area contributed by atoms with E-state index in [2.05, 4.69) is 52.4 Å². The molecule has 2 heterocycles. The lowest BCUT2D eigenvalue weighted by Crippen LogP contribution is -2.52. The highest BCUT2D eigenvalue weighted by Crippen LogP contribution is 2.23. The first-order valence-corrected chi connectivity index (χ1v) is 8.20. The Labute approximate surface area is 128 Å². The Kier molecular flexibility index (Phi) is 5.25. The predicted molar refractivity (Wildman–Crippen MR) is 85.5 cm³/mol. The molecule has 4 nitrogen and oxygen atoms in total. The van der Waals surface area contributed by atoms with Crippen molar-refractivity contribution in [1.29, 1.82) is 0 Å². The summed E-state index contributed by atoms with van der Waals surface area (Å²) < 4.78 is 5.99. The molecular weight excluding hydrogens is 262 g/mol. The number of hydrogen-bond acceptors (Lipinski definition) is 4. The van der Waals surface area contributed by atoms with Gasteiger partial charge in [0.15, 0.2) is 0 Å². The average molecular weight is 289 g/mol. The molecule has 1 N–H and O–H groups in total. The van der Waals surface area contributed by atoms with Gasteiger partial charge in [-0.2, -0.15) is 0 Å². The molecule has 0 aromatic heterocycles. The van der Waals surface area contributed by atoms with Gasteiger partial charge in [-0.05, 0) is 12.1 Å². The fourth-order valence-electron chi connectivity index (χ4n) is 3.41. The summed E-state index contributed by atoms with van der Waals surface area (Å²) in [6.07, 6.45) is 0.350. The molecule has 2 atom stereocenters.